The van der Waals surface area contributed by atoms with Crippen LogP contribution in [0.5, 0.6) is 5.75 Å². The Morgan fingerprint density at radius 3 is 2.40 bits per heavy atom. The number of rotatable bonds is 13. The number of fused-ring (bicyclic) bond motifs is 1. The maximum Gasteiger partial charge on any atom is 0.262 e. The summed E-state index contributed by atoms with van der Waals surface area (Å²) in [6.07, 6.45) is 0. The number of aromatic nitrogens is 6. The minimum Gasteiger partial charge on any atom is -0.493 e. The maximum atomic E-state index is 13.1. The van der Waals surface area contributed by atoms with Crippen LogP contribution in [0.3, 0.4) is 0 Å². The zero-order valence-corrected chi connectivity index (χ0v) is 26.2. The molecule has 0 fully saturated rings. The van der Waals surface area contributed by atoms with Gasteiger partial charge in [0.2, 0.25) is 5.16 Å². The van der Waals surface area contributed by atoms with Crippen LogP contribution in [0.25, 0.3) is 10.9 Å². The molecule has 0 saturated heterocycles. The van der Waals surface area contributed by atoms with Crippen LogP contribution in [0.4, 0.5) is 0 Å². The number of hydrogen-bond acceptors (Lipinski definition) is 10. The van der Waals surface area contributed by atoms with E-state index < -0.39 is 0 Å². The van der Waals surface area contributed by atoms with E-state index in [1.165, 1.54) is 11.8 Å². The van der Waals surface area contributed by atoms with Gasteiger partial charge in [0.15, 0.2) is 10.9 Å². The van der Waals surface area contributed by atoms with Gasteiger partial charge in [-0.2, -0.15) is 0 Å². The third kappa shape index (κ3) is 7.51. The normalized spacial score (nSPS) is 11.4. The first-order valence-corrected chi connectivity index (χ1v) is 15.8. The van der Waals surface area contributed by atoms with Crippen LogP contribution in [0.15, 0.2) is 81.8 Å². The fourth-order valence-corrected chi connectivity index (χ4v) is 6.03. The highest BCUT2D eigenvalue weighted by molar-refractivity contribution is 7.99. The average molecular weight is 616 g/mol. The van der Waals surface area contributed by atoms with E-state index in [2.05, 4.69) is 20.4 Å². The van der Waals surface area contributed by atoms with Crippen molar-refractivity contribution in [2.75, 3.05) is 33.0 Å². The van der Waals surface area contributed by atoms with Crippen molar-refractivity contribution in [3.05, 3.63) is 99.3 Å². The van der Waals surface area contributed by atoms with Crippen molar-refractivity contribution in [1.82, 2.24) is 34.7 Å². The second kappa shape index (κ2) is 14.0. The molecule has 0 unspecified atom stereocenters. The third-order valence-corrected chi connectivity index (χ3v) is 8.84. The fourth-order valence-electron chi connectivity index (χ4n) is 4.38. The summed E-state index contributed by atoms with van der Waals surface area (Å²) in [6, 6.07) is 20.4. The second-order valence-electron chi connectivity index (χ2n) is 10.3. The van der Waals surface area contributed by atoms with Gasteiger partial charge in [0, 0.05) is 36.2 Å². The third-order valence-electron chi connectivity index (χ3n) is 6.81. The Bertz CT molecular complexity index is 1770. The first-order valence-electron chi connectivity index (χ1n) is 13.8. The maximum absolute atomic E-state index is 13.1. The van der Waals surface area contributed by atoms with Crippen molar-refractivity contribution in [1.29, 1.82) is 0 Å². The molecule has 0 aliphatic carbocycles. The predicted octanol–water partition coefficient (Wildman–Crippen LogP) is 4.48. The van der Waals surface area contributed by atoms with E-state index in [0.29, 0.717) is 51.0 Å². The van der Waals surface area contributed by atoms with Crippen LogP contribution in [0, 0.1) is 6.92 Å². The molecule has 0 atom stereocenters. The zero-order chi connectivity index (χ0) is 30.3. The van der Waals surface area contributed by atoms with Crippen molar-refractivity contribution in [2.45, 2.75) is 29.5 Å². The highest BCUT2D eigenvalue weighted by Gasteiger charge is 2.13. The van der Waals surface area contributed by atoms with Crippen molar-refractivity contribution in [3.8, 4) is 5.75 Å². The van der Waals surface area contributed by atoms with E-state index in [0.717, 1.165) is 29.4 Å². The van der Waals surface area contributed by atoms with Crippen LogP contribution in [0.2, 0.25) is 0 Å². The molecule has 0 bridgehead atoms. The molecule has 43 heavy (non-hydrogen) atoms. The molecule has 0 aliphatic rings. The molecule has 5 aromatic rings. The van der Waals surface area contributed by atoms with Crippen molar-refractivity contribution >= 4 is 40.2 Å². The Morgan fingerprint density at radius 1 is 0.953 bits per heavy atom. The van der Waals surface area contributed by atoms with Gasteiger partial charge in [0.25, 0.3) is 5.56 Å². The predicted molar refractivity (Wildman–Crippen MR) is 170 cm³/mol. The van der Waals surface area contributed by atoms with Crippen LogP contribution in [-0.2, 0) is 19.3 Å². The minimum absolute atomic E-state index is 0.0453. The van der Waals surface area contributed by atoms with E-state index in [1.54, 1.807) is 40.2 Å². The van der Waals surface area contributed by atoms with Gasteiger partial charge in [-0.05, 0) is 72.9 Å². The van der Waals surface area contributed by atoms with Gasteiger partial charge in [-0.3, -0.25) is 14.2 Å². The molecule has 12 heteroatoms. The summed E-state index contributed by atoms with van der Waals surface area (Å²) >= 11 is 3.04. The van der Waals surface area contributed by atoms with Gasteiger partial charge in [-0.1, -0.05) is 59.9 Å². The molecule has 3 aromatic carbocycles. The van der Waals surface area contributed by atoms with Crippen LogP contribution < -0.4 is 10.3 Å². The number of hydrogen-bond donors (Lipinski definition) is 0. The number of benzene rings is 3. The molecule has 0 spiro atoms. The summed E-state index contributed by atoms with van der Waals surface area (Å²) < 4.78 is 9.25. The molecular weight excluding hydrogens is 583 g/mol. The smallest absolute Gasteiger partial charge is 0.262 e. The lowest BCUT2D eigenvalue weighted by molar-refractivity contribution is 0.103. The van der Waals surface area contributed by atoms with E-state index in [1.807, 2.05) is 75.6 Å². The van der Waals surface area contributed by atoms with E-state index >= 15 is 0 Å². The molecule has 0 amide bonds. The van der Waals surface area contributed by atoms with Gasteiger partial charge in [0.1, 0.15) is 5.75 Å². The summed E-state index contributed by atoms with van der Waals surface area (Å²) in [6.45, 7) is 3.99. The Hall–Kier alpha value is -4.00. The number of thioether (sulfide) groups is 2. The van der Waals surface area contributed by atoms with Crippen LogP contribution >= 0.6 is 23.5 Å². The van der Waals surface area contributed by atoms with Gasteiger partial charge in [-0.25, -0.2) is 9.67 Å². The van der Waals surface area contributed by atoms with Gasteiger partial charge in [-0.15, -0.1) is 5.10 Å². The molecule has 5 rings (SSSR count). The Labute approximate surface area is 258 Å². The van der Waals surface area contributed by atoms with Crippen LogP contribution in [0.1, 0.15) is 27.0 Å². The molecular formula is C31H33N7O3S2. The number of ether oxygens (including phenoxy) is 1. The van der Waals surface area contributed by atoms with Gasteiger partial charge in [0.05, 0.1) is 24.1 Å². The lowest BCUT2D eigenvalue weighted by Gasteiger charge is -2.10. The van der Waals surface area contributed by atoms with E-state index in [9.17, 15) is 9.59 Å². The Kier molecular flexibility index (Phi) is 9.90. The molecule has 0 N–H and O–H groups in total. The SMILES string of the molecule is Cc1cccc2nc(SCc3ccc(C(=O)c4ccc(OCCSc5nnnn5CCN(C)C)cc4)cc3)n(C)c(=O)c12. The summed E-state index contributed by atoms with van der Waals surface area (Å²) in [5, 5.41) is 14.0. The first kappa shape index (κ1) is 30.5. The Balaban J connectivity index is 1.12. The molecule has 0 radical (unpaired) electrons. The van der Waals surface area contributed by atoms with E-state index in [4.69, 9.17) is 9.72 Å². The quantitative estimate of drug-likeness (QED) is 0.0814. The molecule has 2 heterocycles. The number of likely N-dealkylation sites (N-methyl/N-ethyl adjacent to an activating group) is 1. The van der Waals surface area contributed by atoms with Crippen molar-refractivity contribution in [2.24, 2.45) is 7.05 Å². The molecule has 0 aliphatic heterocycles. The number of aryl methyl sites for hydroxylation is 1. The summed E-state index contributed by atoms with van der Waals surface area (Å²) in [4.78, 5) is 32.7. The average Bonchev–Trinajstić information content (AvgIpc) is 3.47. The number of nitrogens with zero attached hydrogens (tertiary/aromatic N) is 7. The molecule has 222 valence electrons. The molecule has 10 nitrogen and oxygen atoms in total. The lowest BCUT2D eigenvalue weighted by Crippen LogP contribution is -2.20. The molecule has 2 aromatic heterocycles. The first-order chi connectivity index (χ1) is 20.8. The number of tetrazole rings is 1. The fraction of sp³-hybridized carbons (Fsp3) is 0.290. The number of carbonyl (C=O) groups is 1. The number of carbonyl (C=O) groups excluding carboxylic acids is 1. The van der Waals surface area contributed by atoms with Crippen molar-refractivity contribution in [3.63, 3.8) is 0 Å². The highest BCUT2D eigenvalue weighted by atomic mass is 32.2. The number of ketones is 1. The van der Waals surface area contributed by atoms with Gasteiger partial charge < -0.3 is 9.64 Å². The standard InChI is InChI=1S/C31H33N7O3S2/c1-21-6-5-7-26-27(21)29(40)37(4)30(32-26)43-20-22-8-10-23(11-9-22)28(39)24-12-14-25(15-13-24)41-18-19-42-31-33-34-35-38(31)17-16-36(2)3/h5-15H,16-20H2,1-4H3. The summed E-state index contributed by atoms with van der Waals surface area (Å²) in [5.74, 6) is 1.96. The monoisotopic (exact) mass is 615 g/mol. The lowest BCUT2D eigenvalue weighted by atomic mass is 10.0. The molecule has 0 saturated carbocycles. The van der Waals surface area contributed by atoms with Crippen LogP contribution in [-0.4, -0.2) is 73.4 Å². The zero-order valence-electron chi connectivity index (χ0n) is 24.6. The van der Waals surface area contributed by atoms with Gasteiger partial charge >= 0.3 is 0 Å². The van der Waals surface area contributed by atoms with E-state index in [-0.39, 0.29) is 11.3 Å². The summed E-state index contributed by atoms with van der Waals surface area (Å²) in [7, 11) is 5.78. The minimum atomic E-state index is -0.0557. The van der Waals surface area contributed by atoms with Crippen molar-refractivity contribution < 1.29 is 9.53 Å². The highest BCUT2D eigenvalue weighted by Crippen LogP contribution is 2.24. The Morgan fingerprint density at radius 2 is 1.67 bits per heavy atom. The topological polar surface area (TPSA) is 108 Å². The second-order valence-corrected chi connectivity index (χ2v) is 12.3. The summed E-state index contributed by atoms with van der Waals surface area (Å²) in [5.41, 5.74) is 3.82. The largest absolute Gasteiger partial charge is 0.493 e.